The van der Waals surface area contributed by atoms with Gasteiger partial charge in [0.15, 0.2) is 0 Å². The maximum atomic E-state index is 12.6. The highest BCUT2D eigenvalue weighted by molar-refractivity contribution is 7.89. The van der Waals surface area contributed by atoms with Crippen molar-refractivity contribution in [3.05, 3.63) is 48.3 Å². The second-order valence-electron chi connectivity index (χ2n) is 6.67. The summed E-state index contributed by atoms with van der Waals surface area (Å²) in [5.41, 5.74) is 1.18. The van der Waals surface area contributed by atoms with E-state index in [2.05, 4.69) is 22.3 Å². The molecule has 0 amide bonds. The first-order valence-corrected chi connectivity index (χ1v) is 9.71. The molecular weight excluding hydrogens is 326 g/mol. The van der Waals surface area contributed by atoms with E-state index in [4.69, 9.17) is 4.74 Å². The zero-order valence-corrected chi connectivity index (χ0v) is 14.2. The molecule has 6 nitrogen and oxygen atoms in total. The topological polar surface area (TPSA) is 75.3 Å². The van der Waals surface area contributed by atoms with Crippen molar-refractivity contribution < 1.29 is 13.2 Å². The summed E-state index contributed by atoms with van der Waals surface area (Å²) in [6.07, 6.45) is 4.92. The lowest BCUT2D eigenvalue weighted by atomic mass is 10.0. The summed E-state index contributed by atoms with van der Waals surface area (Å²) in [5.74, 6) is 0.792. The molecule has 7 heteroatoms. The molecule has 1 aliphatic heterocycles. The molecule has 0 radical (unpaired) electrons. The van der Waals surface area contributed by atoms with Gasteiger partial charge in [-0.25, -0.2) is 8.42 Å². The van der Waals surface area contributed by atoms with Gasteiger partial charge in [0.25, 0.3) is 0 Å². The minimum atomic E-state index is -3.41. The van der Waals surface area contributed by atoms with Gasteiger partial charge in [-0.2, -0.15) is 9.40 Å². The first-order valence-electron chi connectivity index (χ1n) is 8.27. The van der Waals surface area contributed by atoms with Gasteiger partial charge in [0.1, 0.15) is 4.90 Å². The summed E-state index contributed by atoms with van der Waals surface area (Å²) >= 11 is 0. The van der Waals surface area contributed by atoms with E-state index < -0.39 is 10.0 Å². The van der Waals surface area contributed by atoms with Crippen LogP contribution in [0.4, 0.5) is 0 Å². The summed E-state index contributed by atoms with van der Waals surface area (Å²) in [6, 6.07) is 10.2. The van der Waals surface area contributed by atoms with Gasteiger partial charge in [-0.15, -0.1) is 0 Å². The van der Waals surface area contributed by atoms with Crippen LogP contribution in [-0.2, 0) is 21.4 Å². The summed E-state index contributed by atoms with van der Waals surface area (Å²) in [7, 11) is -3.41. The fraction of sp³-hybridized carbons (Fsp3) is 0.471. The first kappa shape index (κ1) is 15.8. The molecule has 4 rings (SSSR count). The standard InChI is InChI=1S/C17H21N3O3S/c21-24(22,17-8-18-19-9-17)20-10-14-6-16(7-15(14)11-20)23-12-13-4-2-1-3-5-13/h1-5,8-9,14-16H,6-7,10-12H2,(H,18,19)/t14-,15+,16?. The zero-order valence-electron chi connectivity index (χ0n) is 13.3. The third-order valence-corrected chi connectivity index (χ3v) is 6.91. The first-order chi connectivity index (χ1) is 11.6. The SMILES string of the molecule is O=S(=O)(c1cn[nH]c1)N1C[C@H]2CC(OCc3ccccc3)C[C@H]2C1. The second kappa shape index (κ2) is 6.31. The Balaban J connectivity index is 1.34. The number of H-pyrrole nitrogens is 1. The molecule has 3 atom stereocenters. The lowest BCUT2D eigenvalue weighted by molar-refractivity contribution is 0.0392. The van der Waals surface area contributed by atoms with E-state index in [1.54, 1.807) is 4.31 Å². The number of rotatable bonds is 5. The van der Waals surface area contributed by atoms with Crippen LogP contribution in [0.25, 0.3) is 0 Å². The number of hydrogen-bond donors (Lipinski definition) is 1. The van der Waals surface area contributed by atoms with Crippen molar-refractivity contribution in [2.75, 3.05) is 13.1 Å². The van der Waals surface area contributed by atoms with Crippen LogP contribution in [0.1, 0.15) is 18.4 Å². The number of nitrogens with one attached hydrogen (secondary N) is 1. The number of ether oxygens (including phenoxy) is 1. The number of aromatic amines is 1. The smallest absolute Gasteiger partial charge is 0.246 e. The largest absolute Gasteiger partial charge is 0.374 e. The molecule has 1 aliphatic carbocycles. The van der Waals surface area contributed by atoms with Crippen molar-refractivity contribution in [3.63, 3.8) is 0 Å². The van der Waals surface area contributed by atoms with Gasteiger partial charge in [-0.3, -0.25) is 5.10 Å². The third-order valence-electron chi connectivity index (χ3n) is 5.11. The summed E-state index contributed by atoms with van der Waals surface area (Å²) in [5, 5.41) is 6.32. The summed E-state index contributed by atoms with van der Waals surface area (Å²) in [6.45, 7) is 1.80. The van der Waals surface area contributed by atoms with E-state index in [1.807, 2.05) is 18.2 Å². The quantitative estimate of drug-likeness (QED) is 0.898. The van der Waals surface area contributed by atoms with Gasteiger partial charge in [-0.1, -0.05) is 30.3 Å². The fourth-order valence-corrected chi connectivity index (χ4v) is 5.31. The van der Waals surface area contributed by atoms with E-state index in [0.29, 0.717) is 31.5 Å². The Labute approximate surface area is 141 Å². The van der Waals surface area contributed by atoms with Crippen LogP contribution < -0.4 is 0 Å². The predicted octanol–water partition coefficient (Wildman–Crippen LogP) is 2.03. The molecule has 24 heavy (non-hydrogen) atoms. The van der Waals surface area contributed by atoms with Gasteiger partial charge < -0.3 is 4.74 Å². The maximum absolute atomic E-state index is 12.6. The molecule has 1 saturated carbocycles. The molecule has 2 fully saturated rings. The number of hydrogen-bond acceptors (Lipinski definition) is 4. The molecule has 2 aliphatic rings. The Morgan fingerprint density at radius 1 is 1.17 bits per heavy atom. The number of nitrogens with zero attached hydrogens (tertiary/aromatic N) is 2. The van der Waals surface area contributed by atoms with Gasteiger partial charge in [0, 0.05) is 19.3 Å². The van der Waals surface area contributed by atoms with Crippen molar-refractivity contribution in [1.82, 2.24) is 14.5 Å². The average molecular weight is 347 g/mol. The lowest BCUT2D eigenvalue weighted by Gasteiger charge is -2.18. The normalized spacial score (nSPS) is 27.4. The van der Waals surface area contributed by atoms with Crippen LogP contribution in [0, 0.1) is 11.8 Å². The average Bonchev–Trinajstić information content (AvgIpc) is 3.29. The molecule has 1 unspecified atom stereocenters. The van der Waals surface area contributed by atoms with Crippen molar-refractivity contribution in [2.24, 2.45) is 11.8 Å². The van der Waals surface area contributed by atoms with E-state index in [0.717, 1.165) is 12.8 Å². The van der Waals surface area contributed by atoms with Crippen LogP contribution >= 0.6 is 0 Å². The number of aromatic nitrogens is 2. The summed E-state index contributed by atoms with van der Waals surface area (Å²) in [4.78, 5) is 0.249. The molecule has 0 spiro atoms. The van der Waals surface area contributed by atoms with Crippen LogP contribution in [0.5, 0.6) is 0 Å². The molecule has 0 bridgehead atoms. The van der Waals surface area contributed by atoms with Crippen LogP contribution in [0.15, 0.2) is 47.6 Å². The Hall–Kier alpha value is -1.70. The highest BCUT2D eigenvalue weighted by Gasteiger charge is 2.45. The van der Waals surface area contributed by atoms with Crippen molar-refractivity contribution >= 4 is 10.0 Å². The highest BCUT2D eigenvalue weighted by Crippen LogP contribution is 2.41. The Bertz CT molecular complexity index is 763. The number of fused-ring (bicyclic) bond motifs is 1. The van der Waals surface area contributed by atoms with E-state index in [-0.39, 0.29) is 11.0 Å². The van der Waals surface area contributed by atoms with Gasteiger partial charge in [-0.05, 0) is 30.2 Å². The molecule has 1 aromatic carbocycles. The maximum Gasteiger partial charge on any atom is 0.246 e. The van der Waals surface area contributed by atoms with E-state index in [9.17, 15) is 8.42 Å². The monoisotopic (exact) mass is 347 g/mol. The molecule has 1 aromatic heterocycles. The van der Waals surface area contributed by atoms with Crippen molar-refractivity contribution in [3.8, 4) is 0 Å². The van der Waals surface area contributed by atoms with Gasteiger partial charge in [0.2, 0.25) is 10.0 Å². The molecule has 1 saturated heterocycles. The van der Waals surface area contributed by atoms with E-state index in [1.165, 1.54) is 18.0 Å². The Morgan fingerprint density at radius 3 is 2.50 bits per heavy atom. The van der Waals surface area contributed by atoms with Crippen molar-refractivity contribution in [2.45, 2.75) is 30.4 Å². The molecule has 128 valence electrons. The minimum Gasteiger partial charge on any atom is -0.374 e. The third kappa shape index (κ3) is 2.99. The zero-order chi connectivity index (χ0) is 16.6. The Kier molecular flexibility index (Phi) is 4.15. The molecule has 1 N–H and O–H groups in total. The number of sulfonamides is 1. The van der Waals surface area contributed by atoms with E-state index >= 15 is 0 Å². The Morgan fingerprint density at radius 2 is 1.88 bits per heavy atom. The predicted molar refractivity (Wildman–Crippen MR) is 88.6 cm³/mol. The second-order valence-corrected chi connectivity index (χ2v) is 8.60. The fourth-order valence-electron chi connectivity index (χ4n) is 3.85. The van der Waals surface area contributed by atoms with Crippen molar-refractivity contribution in [1.29, 1.82) is 0 Å². The molecule has 2 aromatic rings. The van der Waals surface area contributed by atoms with Gasteiger partial charge in [0.05, 0.1) is 18.9 Å². The van der Waals surface area contributed by atoms with Crippen LogP contribution in [0.3, 0.4) is 0 Å². The molecule has 2 heterocycles. The van der Waals surface area contributed by atoms with Gasteiger partial charge >= 0.3 is 0 Å². The van der Waals surface area contributed by atoms with Crippen LogP contribution in [-0.4, -0.2) is 42.1 Å². The van der Waals surface area contributed by atoms with Crippen LogP contribution in [0.2, 0.25) is 0 Å². The summed E-state index contributed by atoms with van der Waals surface area (Å²) < 4.78 is 32.7. The minimum absolute atomic E-state index is 0.235. The lowest BCUT2D eigenvalue weighted by Crippen LogP contribution is -2.30. The number of benzene rings is 1. The molecular formula is C17H21N3O3S. The highest BCUT2D eigenvalue weighted by atomic mass is 32.2.